The van der Waals surface area contributed by atoms with Crippen LogP contribution in [0.1, 0.15) is 12.6 Å². The lowest BCUT2D eigenvalue weighted by Gasteiger charge is -2.05. The van der Waals surface area contributed by atoms with Gasteiger partial charge in [0.1, 0.15) is 5.69 Å². The average Bonchev–Trinajstić information content (AvgIpc) is 2.16. The van der Waals surface area contributed by atoms with Crippen molar-refractivity contribution in [2.24, 2.45) is 0 Å². The summed E-state index contributed by atoms with van der Waals surface area (Å²) in [6, 6.07) is 2.83. The molecule has 1 unspecified atom stereocenters. The number of pyridine rings is 1. The van der Waals surface area contributed by atoms with Crippen LogP contribution in [0.25, 0.3) is 0 Å². The SMILES string of the molecule is COc1ccc([N+](=O)[O-])c(CC(C)Cl)n1. The molecule has 0 aromatic carbocycles. The number of nitro groups is 1. The predicted octanol–water partition coefficient (Wildman–Crippen LogP) is 2.17. The summed E-state index contributed by atoms with van der Waals surface area (Å²) in [6.45, 7) is 1.76. The van der Waals surface area contributed by atoms with Gasteiger partial charge in [0.05, 0.1) is 12.0 Å². The Morgan fingerprint density at radius 1 is 1.67 bits per heavy atom. The van der Waals surface area contributed by atoms with Crippen LogP contribution in [-0.2, 0) is 6.42 Å². The number of aromatic nitrogens is 1. The fourth-order valence-corrected chi connectivity index (χ4v) is 1.32. The van der Waals surface area contributed by atoms with Crippen molar-refractivity contribution in [2.75, 3.05) is 7.11 Å². The second kappa shape index (κ2) is 4.93. The van der Waals surface area contributed by atoms with Crippen molar-refractivity contribution in [1.82, 2.24) is 4.98 Å². The number of nitrogens with zero attached hydrogens (tertiary/aromatic N) is 2. The number of rotatable bonds is 4. The summed E-state index contributed by atoms with van der Waals surface area (Å²) in [5.41, 5.74) is 0.324. The quantitative estimate of drug-likeness (QED) is 0.452. The minimum absolute atomic E-state index is 0.0247. The van der Waals surface area contributed by atoms with Gasteiger partial charge in [0.25, 0.3) is 5.69 Å². The lowest BCUT2D eigenvalue weighted by atomic mass is 10.2. The Balaban J connectivity index is 3.10. The van der Waals surface area contributed by atoms with Crippen LogP contribution in [0, 0.1) is 10.1 Å². The minimum atomic E-state index is -0.471. The zero-order chi connectivity index (χ0) is 11.4. The lowest BCUT2D eigenvalue weighted by Crippen LogP contribution is -2.05. The van der Waals surface area contributed by atoms with Crippen LogP contribution in [0.2, 0.25) is 0 Å². The van der Waals surface area contributed by atoms with Gasteiger partial charge in [-0.3, -0.25) is 10.1 Å². The molecule has 0 amide bonds. The summed E-state index contributed by atoms with van der Waals surface area (Å²) in [7, 11) is 1.46. The van der Waals surface area contributed by atoms with Crippen LogP contribution in [0.5, 0.6) is 5.88 Å². The maximum absolute atomic E-state index is 10.7. The number of alkyl halides is 1. The Kier molecular flexibility index (Phi) is 3.85. The van der Waals surface area contributed by atoms with Gasteiger partial charge in [-0.2, -0.15) is 0 Å². The topological polar surface area (TPSA) is 65.3 Å². The third-order valence-corrected chi connectivity index (χ3v) is 1.96. The molecular weight excluding hydrogens is 220 g/mol. The van der Waals surface area contributed by atoms with E-state index in [9.17, 15) is 10.1 Å². The highest BCUT2D eigenvalue weighted by Crippen LogP contribution is 2.22. The number of hydrogen-bond acceptors (Lipinski definition) is 4. The van der Waals surface area contributed by atoms with E-state index in [4.69, 9.17) is 16.3 Å². The summed E-state index contributed by atoms with van der Waals surface area (Å²) in [6.07, 6.45) is 0.342. The first-order valence-corrected chi connectivity index (χ1v) is 4.80. The Bertz CT molecular complexity index is 368. The number of ether oxygens (including phenoxy) is 1. The van der Waals surface area contributed by atoms with Crippen LogP contribution >= 0.6 is 11.6 Å². The Morgan fingerprint density at radius 2 is 2.33 bits per heavy atom. The Morgan fingerprint density at radius 3 is 2.80 bits per heavy atom. The summed E-state index contributed by atoms with van der Waals surface area (Å²) in [5, 5.41) is 10.5. The number of methoxy groups -OCH3 is 1. The van der Waals surface area contributed by atoms with E-state index in [2.05, 4.69) is 4.98 Å². The zero-order valence-corrected chi connectivity index (χ0v) is 9.19. The molecule has 82 valence electrons. The van der Waals surface area contributed by atoms with E-state index in [0.29, 0.717) is 18.0 Å². The molecule has 0 aliphatic carbocycles. The minimum Gasteiger partial charge on any atom is -0.481 e. The van der Waals surface area contributed by atoms with Crippen molar-refractivity contribution in [3.05, 3.63) is 27.9 Å². The van der Waals surface area contributed by atoms with Gasteiger partial charge in [0.15, 0.2) is 0 Å². The molecule has 1 atom stereocenters. The van der Waals surface area contributed by atoms with Gasteiger partial charge in [-0.15, -0.1) is 11.6 Å². The Labute approximate surface area is 92.2 Å². The monoisotopic (exact) mass is 230 g/mol. The zero-order valence-electron chi connectivity index (χ0n) is 8.44. The third-order valence-electron chi connectivity index (χ3n) is 1.81. The first kappa shape index (κ1) is 11.7. The van der Waals surface area contributed by atoms with E-state index in [1.54, 1.807) is 6.92 Å². The van der Waals surface area contributed by atoms with Crippen LogP contribution < -0.4 is 4.74 Å². The molecule has 15 heavy (non-hydrogen) atoms. The van der Waals surface area contributed by atoms with Crippen molar-refractivity contribution in [2.45, 2.75) is 18.7 Å². The molecule has 0 aliphatic rings. The maximum Gasteiger partial charge on any atom is 0.291 e. The molecular formula is C9H11ClN2O3. The molecule has 0 saturated heterocycles. The van der Waals surface area contributed by atoms with E-state index in [1.807, 2.05) is 0 Å². The molecule has 0 bridgehead atoms. The van der Waals surface area contributed by atoms with Crippen molar-refractivity contribution in [3.63, 3.8) is 0 Å². The van der Waals surface area contributed by atoms with Crippen molar-refractivity contribution < 1.29 is 9.66 Å². The van der Waals surface area contributed by atoms with Gasteiger partial charge in [-0.25, -0.2) is 4.98 Å². The number of hydrogen-bond donors (Lipinski definition) is 0. The van der Waals surface area contributed by atoms with Gasteiger partial charge in [0.2, 0.25) is 5.88 Å². The molecule has 0 radical (unpaired) electrons. The molecule has 5 nitrogen and oxygen atoms in total. The van der Waals surface area contributed by atoms with E-state index in [1.165, 1.54) is 19.2 Å². The second-order valence-corrected chi connectivity index (χ2v) is 3.81. The molecule has 1 rings (SSSR count). The van der Waals surface area contributed by atoms with E-state index < -0.39 is 4.92 Å². The summed E-state index contributed by atoms with van der Waals surface area (Å²) >= 11 is 5.78. The molecule has 1 heterocycles. The van der Waals surface area contributed by atoms with Crippen molar-refractivity contribution >= 4 is 17.3 Å². The molecule has 0 aliphatic heterocycles. The fourth-order valence-electron chi connectivity index (χ4n) is 1.17. The summed E-state index contributed by atoms with van der Waals surface area (Å²) in [4.78, 5) is 14.2. The molecule has 0 spiro atoms. The maximum atomic E-state index is 10.7. The van der Waals surface area contributed by atoms with E-state index >= 15 is 0 Å². The average molecular weight is 231 g/mol. The van der Waals surface area contributed by atoms with E-state index in [-0.39, 0.29) is 11.1 Å². The van der Waals surface area contributed by atoms with Gasteiger partial charge in [-0.05, 0) is 6.92 Å². The third kappa shape index (κ3) is 3.06. The van der Waals surface area contributed by atoms with Gasteiger partial charge in [-0.1, -0.05) is 0 Å². The molecule has 6 heteroatoms. The van der Waals surface area contributed by atoms with E-state index in [0.717, 1.165) is 0 Å². The predicted molar refractivity (Wildman–Crippen MR) is 56.5 cm³/mol. The van der Waals surface area contributed by atoms with Crippen LogP contribution in [-0.4, -0.2) is 22.4 Å². The summed E-state index contributed by atoms with van der Waals surface area (Å²) < 4.78 is 4.89. The first-order chi connectivity index (χ1) is 7.04. The van der Waals surface area contributed by atoms with Crippen molar-refractivity contribution in [1.29, 1.82) is 0 Å². The smallest absolute Gasteiger partial charge is 0.291 e. The molecule has 0 fully saturated rings. The normalized spacial score (nSPS) is 12.2. The van der Waals surface area contributed by atoms with Gasteiger partial charge in [0, 0.05) is 23.9 Å². The largest absolute Gasteiger partial charge is 0.481 e. The van der Waals surface area contributed by atoms with Crippen LogP contribution in [0.15, 0.2) is 12.1 Å². The first-order valence-electron chi connectivity index (χ1n) is 4.37. The summed E-state index contributed by atoms with van der Waals surface area (Å²) in [5.74, 6) is 0.355. The van der Waals surface area contributed by atoms with Crippen LogP contribution in [0.3, 0.4) is 0 Å². The molecule has 0 N–H and O–H groups in total. The highest BCUT2D eigenvalue weighted by Gasteiger charge is 2.17. The highest BCUT2D eigenvalue weighted by atomic mass is 35.5. The fraction of sp³-hybridized carbons (Fsp3) is 0.444. The van der Waals surface area contributed by atoms with Gasteiger partial charge >= 0.3 is 0 Å². The molecule has 1 aromatic heterocycles. The van der Waals surface area contributed by atoms with Crippen molar-refractivity contribution in [3.8, 4) is 5.88 Å². The molecule has 0 saturated carbocycles. The Hall–Kier alpha value is -1.36. The van der Waals surface area contributed by atoms with Crippen LogP contribution in [0.4, 0.5) is 5.69 Å². The molecule has 1 aromatic rings. The van der Waals surface area contributed by atoms with Gasteiger partial charge < -0.3 is 4.74 Å². The number of halogens is 1. The highest BCUT2D eigenvalue weighted by molar-refractivity contribution is 6.20. The second-order valence-electron chi connectivity index (χ2n) is 3.06. The standard InChI is InChI=1S/C9H11ClN2O3/c1-6(10)5-7-8(12(13)14)3-4-9(11-7)15-2/h3-4,6H,5H2,1-2H3. The lowest BCUT2D eigenvalue weighted by molar-refractivity contribution is -0.386.